The van der Waals surface area contributed by atoms with Crippen molar-refractivity contribution in [2.24, 2.45) is 5.73 Å². The predicted octanol–water partition coefficient (Wildman–Crippen LogP) is 4.08. The van der Waals surface area contributed by atoms with E-state index in [1.165, 1.54) is 58.8 Å². The Morgan fingerprint density at radius 1 is 1.08 bits per heavy atom. The van der Waals surface area contributed by atoms with Crippen LogP contribution in [0, 0.1) is 0 Å². The maximum atomic E-state index is 6.37. The summed E-state index contributed by atoms with van der Waals surface area (Å²) in [6, 6.07) is 17.3. The molecule has 26 heavy (non-hydrogen) atoms. The average molecular weight is 367 g/mol. The van der Waals surface area contributed by atoms with Crippen LogP contribution in [0.25, 0.3) is 10.1 Å². The highest BCUT2D eigenvalue weighted by molar-refractivity contribution is 7.13. The zero-order valence-electron chi connectivity index (χ0n) is 15.0. The number of fused-ring (bicyclic) bond motifs is 1. The molecule has 2 heterocycles. The van der Waals surface area contributed by atoms with Gasteiger partial charge in [-0.1, -0.05) is 30.3 Å². The summed E-state index contributed by atoms with van der Waals surface area (Å²) < 4.78 is 5.78. The van der Waals surface area contributed by atoms with Crippen molar-refractivity contribution in [1.82, 2.24) is 9.69 Å². The Morgan fingerprint density at radius 2 is 1.85 bits per heavy atom. The highest BCUT2D eigenvalue weighted by Crippen LogP contribution is 2.27. The van der Waals surface area contributed by atoms with Crippen LogP contribution in [0.2, 0.25) is 0 Å². The molecule has 1 saturated heterocycles. The van der Waals surface area contributed by atoms with Crippen molar-refractivity contribution in [3.05, 3.63) is 59.8 Å². The normalized spacial score (nSPS) is 15.7. The van der Waals surface area contributed by atoms with Crippen LogP contribution in [0.4, 0.5) is 5.69 Å². The van der Waals surface area contributed by atoms with Crippen LogP contribution in [0.15, 0.2) is 48.5 Å². The number of aromatic nitrogens is 1. The first-order chi connectivity index (χ1) is 12.8. The number of nitrogens with one attached hydrogen (secondary N) is 1. The summed E-state index contributed by atoms with van der Waals surface area (Å²) in [4.78, 5) is 2.47. The molecule has 1 fully saturated rings. The van der Waals surface area contributed by atoms with Gasteiger partial charge in [-0.2, -0.15) is 4.37 Å². The van der Waals surface area contributed by atoms with Crippen molar-refractivity contribution < 1.29 is 0 Å². The van der Waals surface area contributed by atoms with E-state index in [-0.39, 0.29) is 6.04 Å². The number of nitrogens with two attached hydrogens (primary N) is 1. The largest absolute Gasteiger partial charge is 0.372 e. The standard InChI is InChI=1S/C21H26N4S/c22-19(21-18-5-1-2-6-20(18)26-24-21)11-12-23-15-16-7-9-17(10-8-16)25-13-3-4-14-25/h1-2,5-10,19,23H,3-4,11-15,22H2. The van der Waals surface area contributed by atoms with Gasteiger partial charge in [0.05, 0.1) is 10.4 Å². The molecule has 1 atom stereocenters. The van der Waals surface area contributed by atoms with Crippen molar-refractivity contribution in [2.75, 3.05) is 24.5 Å². The third kappa shape index (κ3) is 3.90. The maximum Gasteiger partial charge on any atom is 0.0788 e. The lowest BCUT2D eigenvalue weighted by Crippen LogP contribution is -2.21. The van der Waals surface area contributed by atoms with Gasteiger partial charge in [0, 0.05) is 36.7 Å². The van der Waals surface area contributed by atoms with Gasteiger partial charge in [-0.25, -0.2) is 0 Å². The molecule has 5 heteroatoms. The second-order valence-corrected chi connectivity index (χ2v) is 7.80. The molecule has 0 aliphatic carbocycles. The average Bonchev–Trinajstić information content (AvgIpc) is 3.35. The fourth-order valence-corrected chi connectivity index (χ4v) is 4.44. The van der Waals surface area contributed by atoms with Crippen molar-refractivity contribution in [1.29, 1.82) is 0 Å². The molecule has 0 saturated carbocycles. The molecule has 1 unspecified atom stereocenters. The van der Waals surface area contributed by atoms with Crippen LogP contribution in [-0.2, 0) is 6.54 Å². The molecule has 1 aromatic heterocycles. The first-order valence-corrected chi connectivity index (χ1v) is 10.2. The summed E-state index contributed by atoms with van der Waals surface area (Å²) in [6.07, 6.45) is 3.52. The first-order valence-electron chi connectivity index (χ1n) is 9.46. The van der Waals surface area contributed by atoms with Crippen molar-refractivity contribution in [2.45, 2.75) is 31.8 Å². The second kappa shape index (κ2) is 8.16. The van der Waals surface area contributed by atoms with E-state index in [4.69, 9.17) is 5.73 Å². The Morgan fingerprint density at radius 3 is 2.65 bits per heavy atom. The molecule has 4 nitrogen and oxygen atoms in total. The number of anilines is 1. The molecule has 4 rings (SSSR count). The van der Waals surface area contributed by atoms with E-state index in [2.05, 4.69) is 57.1 Å². The van der Waals surface area contributed by atoms with Crippen LogP contribution >= 0.6 is 11.5 Å². The quantitative estimate of drug-likeness (QED) is 0.619. The lowest BCUT2D eigenvalue weighted by Gasteiger charge is -2.17. The van der Waals surface area contributed by atoms with E-state index < -0.39 is 0 Å². The van der Waals surface area contributed by atoms with E-state index in [1.54, 1.807) is 0 Å². The topological polar surface area (TPSA) is 54.2 Å². The van der Waals surface area contributed by atoms with Gasteiger partial charge in [-0.05, 0) is 61.1 Å². The Kier molecular flexibility index (Phi) is 5.48. The van der Waals surface area contributed by atoms with Gasteiger partial charge in [0.15, 0.2) is 0 Å². The van der Waals surface area contributed by atoms with E-state index in [9.17, 15) is 0 Å². The van der Waals surface area contributed by atoms with Gasteiger partial charge < -0.3 is 16.0 Å². The number of hydrogen-bond donors (Lipinski definition) is 2. The van der Waals surface area contributed by atoms with Crippen LogP contribution in [-0.4, -0.2) is 24.0 Å². The maximum absolute atomic E-state index is 6.37. The Bertz CT molecular complexity index is 837. The fraction of sp³-hybridized carbons (Fsp3) is 0.381. The molecule has 3 aromatic rings. The van der Waals surface area contributed by atoms with Gasteiger partial charge in [-0.3, -0.25) is 0 Å². The SMILES string of the molecule is NC(CCNCc1ccc(N2CCCC2)cc1)c1nsc2ccccc12. The molecule has 0 amide bonds. The van der Waals surface area contributed by atoms with E-state index in [0.29, 0.717) is 0 Å². The molecule has 0 radical (unpaired) electrons. The summed E-state index contributed by atoms with van der Waals surface area (Å²) in [5, 5.41) is 4.71. The van der Waals surface area contributed by atoms with Crippen molar-refractivity contribution in [3.63, 3.8) is 0 Å². The summed E-state index contributed by atoms with van der Waals surface area (Å²) in [5.74, 6) is 0. The molecule has 2 aromatic carbocycles. The molecule has 1 aliphatic rings. The summed E-state index contributed by atoms with van der Waals surface area (Å²) in [7, 11) is 0. The first kappa shape index (κ1) is 17.5. The van der Waals surface area contributed by atoms with E-state index >= 15 is 0 Å². The lowest BCUT2D eigenvalue weighted by atomic mass is 10.1. The lowest BCUT2D eigenvalue weighted by molar-refractivity contribution is 0.576. The second-order valence-electron chi connectivity index (χ2n) is 7.00. The predicted molar refractivity (Wildman–Crippen MR) is 111 cm³/mol. The van der Waals surface area contributed by atoms with Gasteiger partial charge in [0.2, 0.25) is 0 Å². The summed E-state index contributed by atoms with van der Waals surface area (Å²) >= 11 is 1.54. The Balaban J connectivity index is 1.26. The van der Waals surface area contributed by atoms with Gasteiger partial charge in [-0.15, -0.1) is 0 Å². The van der Waals surface area contributed by atoms with Crippen molar-refractivity contribution >= 4 is 27.3 Å². The minimum Gasteiger partial charge on any atom is -0.372 e. The van der Waals surface area contributed by atoms with Crippen LogP contribution in [0.3, 0.4) is 0 Å². The molecular weight excluding hydrogens is 340 g/mol. The van der Waals surface area contributed by atoms with E-state index in [1.807, 2.05) is 6.07 Å². The van der Waals surface area contributed by atoms with Crippen LogP contribution < -0.4 is 16.0 Å². The van der Waals surface area contributed by atoms with E-state index in [0.717, 1.165) is 25.2 Å². The van der Waals surface area contributed by atoms with Crippen LogP contribution in [0.5, 0.6) is 0 Å². The summed E-state index contributed by atoms with van der Waals surface area (Å²) in [6.45, 7) is 4.16. The van der Waals surface area contributed by atoms with Crippen molar-refractivity contribution in [3.8, 4) is 0 Å². The highest BCUT2D eigenvalue weighted by Gasteiger charge is 2.14. The monoisotopic (exact) mass is 366 g/mol. The van der Waals surface area contributed by atoms with Crippen LogP contribution in [0.1, 0.15) is 36.6 Å². The molecule has 0 spiro atoms. The highest BCUT2D eigenvalue weighted by atomic mass is 32.1. The Labute approximate surface area is 159 Å². The minimum absolute atomic E-state index is 0.0174. The molecule has 136 valence electrons. The third-order valence-corrected chi connectivity index (χ3v) is 5.97. The van der Waals surface area contributed by atoms with Gasteiger partial charge in [0.1, 0.15) is 0 Å². The van der Waals surface area contributed by atoms with Gasteiger partial charge >= 0.3 is 0 Å². The number of rotatable bonds is 7. The molecule has 3 N–H and O–H groups in total. The number of nitrogens with zero attached hydrogens (tertiary/aromatic N) is 2. The zero-order chi connectivity index (χ0) is 17.8. The molecule has 1 aliphatic heterocycles. The zero-order valence-corrected chi connectivity index (χ0v) is 15.8. The number of hydrogen-bond acceptors (Lipinski definition) is 5. The molecular formula is C21H26N4S. The minimum atomic E-state index is -0.0174. The molecule has 0 bridgehead atoms. The number of benzene rings is 2. The van der Waals surface area contributed by atoms with Gasteiger partial charge in [0.25, 0.3) is 0 Å². The Hall–Kier alpha value is -1.95. The fourth-order valence-electron chi connectivity index (χ4n) is 3.60. The smallest absolute Gasteiger partial charge is 0.0788 e. The summed E-state index contributed by atoms with van der Waals surface area (Å²) in [5.41, 5.74) is 10.1. The third-order valence-electron chi connectivity index (χ3n) is 5.13.